The largest absolute Gasteiger partial charge is 0.494 e. The van der Waals surface area contributed by atoms with E-state index >= 15 is 0 Å². The fourth-order valence-corrected chi connectivity index (χ4v) is 3.38. The zero-order chi connectivity index (χ0) is 25.9. The van der Waals surface area contributed by atoms with E-state index in [0.29, 0.717) is 51.6 Å². The monoisotopic (exact) mass is 530 g/mol. The molecule has 36 heavy (non-hydrogen) atoms. The van der Waals surface area contributed by atoms with E-state index in [1.54, 1.807) is 54.6 Å². The van der Waals surface area contributed by atoms with Gasteiger partial charge in [0.05, 0.1) is 30.0 Å². The van der Waals surface area contributed by atoms with Crippen LogP contribution < -0.4 is 24.4 Å². The van der Waals surface area contributed by atoms with Gasteiger partial charge in [0.25, 0.3) is 5.91 Å². The second kappa shape index (κ2) is 13.4. The third-order valence-electron chi connectivity index (χ3n) is 4.53. The molecule has 188 valence electrons. The number of hydrogen-bond acceptors (Lipinski definition) is 7. The lowest BCUT2D eigenvalue weighted by atomic mass is 10.2. The maximum atomic E-state index is 12.6. The molecule has 3 rings (SSSR count). The number of nitrogens with one attached hydrogen (secondary N) is 1. The van der Waals surface area contributed by atoms with Crippen molar-refractivity contribution in [2.45, 2.75) is 13.8 Å². The summed E-state index contributed by atoms with van der Waals surface area (Å²) in [4.78, 5) is 24.6. The molecule has 0 radical (unpaired) electrons. The summed E-state index contributed by atoms with van der Waals surface area (Å²) in [6, 6.07) is 16.3. The Hall–Kier alpha value is -3.75. The van der Waals surface area contributed by atoms with Gasteiger partial charge in [-0.3, -0.25) is 4.79 Å². The van der Waals surface area contributed by atoms with Crippen LogP contribution in [0.1, 0.15) is 29.8 Å². The Bertz CT molecular complexity index is 1230. The van der Waals surface area contributed by atoms with Crippen molar-refractivity contribution in [1.29, 1.82) is 0 Å². The van der Waals surface area contributed by atoms with E-state index < -0.39 is 11.9 Å². The first kappa shape index (κ1) is 26.8. The van der Waals surface area contributed by atoms with Gasteiger partial charge in [0.2, 0.25) is 0 Å². The zero-order valence-electron chi connectivity index (χ0n) is 19.6. The number of nitrogens with zero attached hydrogens (tertiary/aromatic N) is 1. The first-order chi connectivity index (χ1) is 17.4. The molecule has 0 spiro atoms. The SMILES string of the molecule is CCOc1ccc(C(=O)Oc2ccc(/C=N\NC(=O)COc3ccc(Cl)cc3Cl)cc2OCC)cc1. The third kappa shape index (κ3) is 7.90. The van der Waals surface area contributed by atoms with Crippen molar-refractivity contribution in [3.63, 3.8) is 0 Å². The highest BCUT2D eigenvalue weighted by molar-refractivity contribution is 6.35. The number of benzene rings is 3. The predicted octanol–water partition coefficient (Wildman–Crippen LogP) is 5.54. The highest BCUT2D eigenvalue weighted by atomic mass is 35.5. The molecule has 0 saturated heterocycles. The molecule has 0 saturated carbocycles. The molecular formula is C26H24Cl2N2O6. The van der Waals surface area contributed by atoms with Gasteiger partial charge in [-0.25, -0.2) is 10.2 Å². The number of esters is 1. The van der Waals surface area contributed by atoms with Crippen LogP contribution in [0.3, 0.4) is 0 Å². The van der Waals surface area contributed by atoms with Crippen LogP contribution in [0, 0.1) is 0 Å². The summed E-state index contributed by atoms with van der Waals surface area (Å²) in [6.07, 6.45) is 1.42. The van der Waals surface area contributed by atoms with Gasteiger partial charge in [-0.15, -0.1) is 0 Å². The number of hydrogen-bond donors (Lipinski definition) is 1. The lowest BCUT2D eigenvalue weighted by Crippen LogP contribution is -2.24. The van der Waals surface area contributed by atoms with E-state index in [-0.39, 0.29) is 12.4 Å². The molecule has 0 aliphatic carbocycles. The number of carbonyl (C=O) groups is 2. The predicted molar refractivity (Wildman–Crippen MR) is 138 cm³/mol. The summed E-state index contributed by atoms with van der Waals surface area (Å²) in [5.41, 5.74) is 3.35. The van der Waals surface area contributed by atoms with E-state index in [2.05, 4.69) is 10.5 Å². The molecule has 0 aliphatic rings. The summed E-state index contributed by atoms with van der Waals surface area (Å²) >= 11 is 11.9. The Morgan fingerprint density at radius 3 is 2.28 bits per heavy atom. The molecule has 8 nitrogen and oxygen atoms in total. The zero-order valence-corrected chi connectivity index (χ0v) is 21.1. The lowest BCUT2D eigenvalue weighted by Gasteiger charge is -2.11. The minimum absolute atomic E-state index is 0.255. The van der Waals surface area contributed by atoms with E-state index in [4.69, 9.17) is 42.1 Å². The Labute approximate surface area is 218 Å². The third-order valence-corrected chi connectivity index (χ3v) is 5.06. The summed E-state index contributed by atoms with van der Waals surface area (Å²) in [5.74, 6) is 0.590. The molecule has 10 heteroatoms. The number of ether oxygens (including phenoxy) is 4. The highest BCUT2D eigenvalue weighted by Gasteiger charge is 2.14. The van der Waals surface area contributed by atoms with Crippen LogP contribution in [0.25, 0.3) is 0 Å². The number of hydrazone groups is 1. The average molecular weight is 531 g/mol. The molecule has 3 aromatic carbocycles. The Morgan fingerprint density at radius 2 is 1.58 bits per heavy atom. The average Bonchev–Trinajstić information content (AvgIpc) is 2.86. The second-order valence-electron chi connectivity index (χ2n) is 7.14. The minimum atomic E-state index is -0.534. The van der Waals surface area contributed by atoms with Crippen LogP contribution >= 0.6 is 23.2 Å². The molecular weight excluding hydrogens is 507 g/mol. The van der Waals surface area contributed by atoms with Gasteiger partial charge >= 0.3 is 5.97 Å². The summed E-state index contributed by atoms with van der Waals surface area (Å²) in [6.45, 7) is 4.30. The maximum absolute atomic E-state index is 12.6. The van der Waals surface area contributed by atoms with Crippen LogP contribution in [0.15, 0.2) is 65.8 Å². The number of rotatable bonds is 11. The second-order valence-corrected chi connectivity index (χ2v) is 7.99. The van der Waals surface area contributed by atoms with Crippen LogP contribution in [0.2, 0.25) is 10.0 Å². The van der Waals surface area contributed by atoms with Crippen molar-refractivity contribution in [3.8, 4) is 23.0 Å². The Kier molecular flexibility index (Phi) is 9.97. The van der Waals surface area contributed by atoms with Gasteiger partial charge in [-0.2, -0.15) is 5.10 Å². The van der Waals surface area contributed by atoms with E-state index in [1.807, 2.05) is 13.8 Å². The topological polar surface area (TPSA) is 95.5 Å². The van der Waals surface area contributed by atoms with Crippen LogP contribution in [-0.2, 0) is 4.79 Å². The van der Waals surface area contributed by atoms with Crippen molar-refractivity contribution in [2.24, 2.45) is 5.10 Å². The van der Waals surface area contributed by atoms with Crippen LogP contribution in [0.4, 0.5) is 0 Å². The molecule has 0 bridgehead atoms. The van der Waals surface area contributed by atoms with Gasteiger partial charge < -0.3 is 18.9 Å². The smallest absolute Gasteiger partial charge is 0.343 e. The van der Waals surface area contributed by atoms with Crippen molar-refractivity contribution in [1.82, 2.24) is 5.43 Å². The molecule has 0 heterocycles. The minimum Gasteiger partial charge on any atom is -0.494 e. The lowest BCUT2D eigenvalue weighted by molar-refractivity contribution is -0.123. The molecule has 0 atom stereocenters. The molecule has 0 unspecified atom stereocenters. The summed E-state index contributed by atoms with van der Waals surface area (Å²) in [5, 5.41) is 4.68. The Balaban J connectivity index is 1.59. The first-order valence-electron chi connectivity index (χ1n) is 11.0. The molecule has 0 fully saturated rings. The standard InChI is InChI=1S/C26H24Cl2N2O6/c1-3-33-20-9-6-18(7-10-20)26(32)36-23-11-5-17(13-24(23)34-4-2)15-29-30-25(31)16-35-22-12-8-19(27)14-21(22)28/h5-15H,3-4,16H2,1-2H3,(H,30,31)/b29-15-. The van der Waals surface area contributed by atoms with E-state index in [9.17, 15) is 9.59 Å². The molecule has 0 aliphatic heterocycles. The van der Waals surface area contributed by atoms with Gasteiger partial charge in [-0.05, 0) is 80.1 Å². The number of carbonyl (C=O) groups excluding carboxylic acids is 2. The van der Waals surface area contributed by atoms with Gasteiger partial charge in [0.1, 0.15) is 11.5 Å². The van der Waals surface area contributed by atoms with Crippen molar-refractivity contribution < 1.29 is 28.5 Å². The highest BCUT2D eigenvalue weighted by Crippen LogP contribution is 2.29. The van der Waals surface area contributed by atoms with Crippen molar-refractivity contribution in [3.05, 3.63) is 81.8 Å². The molecule has 1 amide bonds. The van der Waals surface area contributed by atoms with Crippen LogP contribution in [-0.4, -0.2) is 37.9 Å². The molecule has 1 N–H and O–H groups in total. The van der Waals surface area contributed by atoms with E-state index in [1.165, 1.54) is 12.3 Å². The number of halogens is 2. The quantitative estimate of drug-likeness (QED) is 0.151. The summed E-state index contributed by atoms with van der Waals surface area (Å²) in [7, 11) is 0. The number of amides is 1. The van der Waals surface area contributed by atoms with Crippen LogP contribution in [0.5, 0.6) is 23.0 Å². The normalized spacial score (nSPS) is 10.7. The summed E-state index contributed by atoms with van der Waals surface area (Å²) < 4.78 is 21.9. The van der Waals surface area contributed by atoms with Crippen molar-refractivity contribution in [2.75, 3.05) is 19.8 Å². The fraction of sp³-hybridized carbons (Fsp3) is 0.192. The van der Waals surface area contributed by atoms with Gasteiger partial charge in [0.15, 0.2) is 18.1 Å². The Morgan fingerprint density at radius 1 is 0.861 bits per heavy atom. The molecule has 3 aromatic rings. The van der Waals surface area contributed by atoms with E-state index in [0.717, 1.165) is 0 Å². The molecule has 0 aromatic heterocycles. The van der Waals surface area contributed by atoms with Gasteiger partial charge in [0, 0.05) is 5.02 Å². The van der Waals surface area contributed by atoms with Gasteiger partial charge in [-0.1, -0.05) is 23.2 Å². The first-order valence-corrected chi connectivity index (χ1v) is 11.8. The van der Waals surface area contributed by atoms with Crippen molar-refractivity contribution >= 4 is 41.3 Å². The maximum Gasteiger partial charge on any atom is 0.343 e. The fourth-order valence-electron chi connectivity index (χ4n) is 2.92.